The van der Waals surface area contributed by atoms with Crippen LogP contribution in [0.3, 0.4) is 0 Å². The molecule has 2 heteroatoms. The minimum Gasteiger partial charge on any atom is -0.392 e. The highest BCUT2D eigenvalue weighted by molar-refractivity contribution is 5.27. The van der Waals surface area contributed by atoms with Gasteiger partial charge in [-0.1, -0.05) is 78.9 Å². The van der Waals surface area contributed by atoms with E-state index in [2.05, 4.69) is 49.2 Å². The van der Waals surface area contributed by atoms with E-state index < -0.39 is 0 Å². The van der Waals surface area contributed by atoms with E-state index in [1.165, 1.54) is 36.0 Å². The standard InChI is InChI=1S/C12H17N.C9H12O.C2H2/c13-12(9-5-2-6-10-12)11-7-3-1-4-8-11;1-7-3-8(2)5-9(4-7)6-10;1-2/h1,3-4,7-8H,2,5-6,9-10,13H2;3-5,10H,6H2,1-2H3;1-2H. The Morgan fingerprint density at radius 2 is 1.44 bits per heavy atom. The minimum absolute atomic E-state index is 0.0283. The minimum atomic E-state index is -0.0283. The summed E-state index contributed by atoms with van der Waals surface area (Å²) in [5.74, 6) is 0. The molecule has 25 heavy (non-hydrogen) atoms. The molecular formula is C23H31NO. The fourth-order valence-electron chi connectivity index (χ4n) is 3.40. The highest BCUT2D eigenvalue weighted by Gasteiger charge is 2.28. The number of hydrogen-bond acceptors (Lipinski definition) is 2. The molecule has 0 heterocycles. The number of aliphatic hydroxyl groups is 1. The van der Waals surface area contributed by atoms with Gasteiger partial charge in [0.1, 0.15) is 0 Å². The van der Waals surface area contributed by atoms with Gasteiger partial charge in [-0.25, -0.2) is 0 Å². The van der Waals surface area contributed by atoms with E-state index in [9.17, 15) is 0 Å². The predicted octanol–water partition coefficient (Wildman–Crippen LogP) is 4.85. The molecule has 2 nitrogen and oxygen atoms in total. The summed E-state index contributed by atoms with van der Waals surface area (Å²) in [7, 11) is 0. The molecule has 2 aromatic rings. The van der Waals surface area contributed by atoms with Gasteiger partial charge in [-0.2, -0.15) is 0 Å². The van der Waals surface area contributed by atoms with E-state index in [-0.39, 0.29) is 12.1 Å². The maximum Gasteiger partial charge on any atom is 0.0682 e. The van der Waals surface area contributed by atoms with Crippen LogP contribution < -0.4 is 5.73 Å². The third-order valence-corrected chi connectivity index (χ3v) is 4.56. The fraction of sp³-hybridized carbons (Fsp3) is 0.391. The Morgan fingerprint density at radius 3 is 1.92 bits per heavy atom. The van der Waals surface area contributed by atoms with Crippen molar-refractivity contribution in [2.24, 2.45) is 5.73 Å². The second-order valence-corrected chi connectivity index (χ2v) is 6.74. The molecule has 0 aliphatic heterocycles. The topological polar surface area (TPSA) is 46.2 Å². The molecule has 0 unspecified atom stereocenters. The second kappa shape index (κ2) is 10.7. The third-order valence-electron chi connectivity index (χ3n) is 4.56. The maximum atomic E-state index is 8.79. The van der Waals surface area contributed by atoms with Crippen LogP contribution in [0, 0.1) is 26.7 Å². The first-order valence-corrected chi connectivity index (χ1v) is 8.89. The lowest BCUT2D eigenvalue weighted by molar-refractivity contribution is 0.281. The first kappa shape index (κ1) is 21.0. The molecule has 1 aliphatic carbocycles. The summed E-state index contributed by atoms with van der Waals surface area (Å²) in [5, 5.41) is 8.79. The molecule has 2 aromatic carbocycles. The SMILES string of the molecule is C#C.Cc1cc(C)cc(CO)c1.NC1(c2ccccc2)CCCCC1. The second-order valence-electron chi connectivity index (χ2n) is 6.74. The Morgan fingerprint density at radius 1 is 0.920 bits per heavy atom. The van der Waals surface area contributed by atoms with Crippen LogP contribution >= 0.6 is 0 Å². The Kier molecular flexibility index (Phi) is 8.99. The van der Waals surface area contributed by atoms with Crippen molar-refractivity contribution in [3.05, 3.63) is 70.8 Å². The fourth-order valence-corrected chi connectivity index (χ4v) is 3.40. The lowest BCUT2D eigenvalue weighted by atomic mass is 9.77. The zero-order valence-electron chi connectivity index (χ0n) is 15.5. The highest BCUT2D eigenvalue weighted by Crippen LogP contribution is 2.34. The lowest BCUT2D eigenvalue weighted by Gasteiger charge is -2.33. The van der Waals surface area contributed by atoms with E-state index in [4.69, 9.17) is 10.8 Å². The predicted molar refractivity (Wildman–Crippen MR) is 107 cm³/mol. The van der Waals surface area contributed by atoms with Crippen LogP contribution in [0.1, 0.15) is 54.4 Å². The Hall–Kier alpha value is -2.08. The van der Waals surface area contributed by atoms with Crippen molar-refractivity contribution in [2.75, 3.05) is 0 Å². The average Bonchev–Trinajstić information content (AvgIpc) is 2.64. The molecule has 0 spiro atoms. The van der Waals surface area contributed by atoms with Gasteiger partial charge in [0.2, 0.25) is 0 Å². The monoisotopic (exact) mass is 337 g/mol. The van der Waals surface area contributed by atoms with Gasteiger partial charge in [0.25, 0.3) is 0 Å². The highest BCUT2D eigenvalue weighted by atomic mass is 16.3. The number of aliphatic hydroxyl groups excluding tert-OH is 1. The summed E-state index contributed by atoms with van der Waals surface area (Å²) in [6.45, 7) is 4.21. The molecule has 0 radical (unpaired) electrons. The van der Waals surface area contributed by atoms with Gasteiger partial charge in [-0.05, 0) is 37.8 Å². The summed E-state index contributed by atoms with van der Waals surface area (Å²) in [5.41, 5.74) is 11.1. The van der Waals surface area contributed by atoms with E-state index in [0.29, 0.717) is 0 Å². The molecule has 0 atom stereocenters. The van der Waals surface area contributed by atoms with Crippen LogP contribution in [0.15, 0.2) is 48.5 Å². The number of aryl methyl sites for hydroxylation is 2. The van der Waals surface area contributed by atoms with E-state index in [0.717, 1.165) is 18.4 Å². The Bertz CT molecular complexity index is 619. The maximum absolute atomic E-state index is 8.79. The number of rotatable bonds is 2. The van der Waals surface area contributed by atoms with Crippen LogP contribution in [0.2, 0.25) is 0 Å². The summed E-state index contributed by atoms with van der Waals surface area (Å²) in [4.78, 5) is 0. The third kappa shape index (κ3) is 6.74. The molecule has 0 aromatic heterocycles. The van der Waals surface area contributed by atoms with Gasteiger partial charge in [-0.3, -0.25) is 0 Å². The van der Waals surface area contributed by atoms with E-state index in [1.807, 2.05) is 26.0 Å². The molecule has 3 rings (SSSR count). The van der Waals surface area contributed by atoms with Crippen LogP contribution in [0.25, 0.3) is 0 Å². The van der Waals surface area contributed by atoms with Crippen LogP contribution in [0.5, 0.6) is 0 Å². The van der Waals surface area contributed by atoms with Gasteiger partial charge in [-0.15, -0.1) is 12.8 Å². The van der Waals surface area contributed by atoms with Crippen LogP contribution in [0.4, 0.5) is 0 Å². The van der Waals surface area contributed by atoms with Crippen molar-refractivity contribution >= 4 is 0 Å². The molecule has 3 N–H and O–H groups in total. The summed E-state index contributed by atoms with van der Waals surface area (Å²) < 4.78 is 0. The van der Waals surface area contributed by atoms with Crippen molar-refractivity contribution in [1.82, 2.24) is 0 Å². The molecule has 1 aliphatic rings. The molecule has 0 amide bonds. The normalized spacial score (nSPS) is 15.1. The van der Waals surface area contributed by atoms with Crippen molar-refractivity contribution in [2.45, 2.75) is 58.1 Å². The van der Waals surface area contributed by atoms with Gasteiger partial charge in [0.05, 0.1) is 6.61 Å². The van der Waals surface area contributed by atoms with Gasteiger partial charge >= 0.3 is 0 Å². The molecule has 0 bridgehead atoms. The Balaban J connectivity index is 0.000000235. The molecule has 1 fully saturated rings. The number of nitrogens with two attached hydrogens (primary N) is 1. The number of benzene rings is 2. The smallest absolute Gasteiger partial charge is 0.0682 e. The largest absolute Gasteiger partial charge is 0.392 e. The van der Waals surface area contributed by atoms with Crippen molar-refractivity contribution < 1.29 is 5.11 Å². The Labute approximate surface area is 153 Å². The molecular weight excluding hydrogens is 306 g/mol. The quantitative estimate of drug-likeness (QED) is 0.770. The number of terminal acetylenes is 1. The lowest BCUT2D eigenvalue weighted by Crippen LogP contribution is -2.38. The molecule has 0 saturated heterocycles. The first-order valence-electron chi connectivity index (χ1n) is 8.89. The van der Waals surface area contributed by atoms with E-state index in [1.54, 1.807) is 0 Å². The summed E-state index contributed by atoms with van der Waals surface area (Å²) in [6, 6.07) is 16.6. The van der Waals surface area contributed by atoms with Crippen molar-refractivity contribution in [3.63, 3.8) is 0 Å². The first-order chi connectivity index (χ1) is 12.0. The molecule has 134 valence electrons. The summed E-state index contributed by atoms with van der Waals surface area (Å²) >= 11 is 0. The summed E-state index contributed by atoms with van der Waals surface area (Å²) in [6.07, 6.45) is 14.2. The average molecular weight is 338 g/mol. The molecule has 1 saturated carbocycles. The van der Waals surface area contributed by atoms with Crippen LogP contribution in [-0.4, -0.2) is 5.11 Å². The van der Waals surface area contributed by atoms with E-state index >= 15 is 0 Å². The zero-order chi connectivity index (χ0) is 18.7. The van der Waals surface area contributed by atoms with Crippen molar-refractivity contribution in [3.8, 4) is 12.8 Å². The van der Waals surface area contributed by atoms with Gasteiger partial charge in [0.15, 0.2) is 0 Å². The van der Waals surface area contributed by atoms with Crippen LogP contribution in [-0.2, 0) is 12.1 Å². The number of hydrogen-bond donors (Lipinski definition) is 2. The van der Waals surface area contributed by atoms with Gasteiger partial charge < -0.3 is 10.8 Å². The van der Waals surface area contributed by atoms with Gasteiger partial charge in [0, 0.05) is 5.54 Å². The zero-order valence-corrected chi connectivity index (χ0v) is 15.5. The van der Waals surface area contributed by atoms with Crippen molar-refractivity contribution in [1.29, 1.82) is 0 Å².